The van der Waals surface area contributed by atoms with Gasteiger partial charge < -0.3 is 10.2 Å². The van der Waals surface area contributed by atoms with Gasteiger partial charge in [0, 0.05) is 17.6 Å². The summed E-state index contributed by atoms with van der Waals surface area (Å²) in [4.78, 5) is 28.0. The SMILES string of the molecule is O=C(Nc1c(C(=O)N2CCCCC2)cnn1-c1ccccc1)c1ccccc1Br. The smallest absolute Gasteiger partial charge is 0.259 e. The zero-order valence-corrected chi connectivity index (χ0v) is 17.4. The van der Waals surface area contributed by atoms with E-state index in [1.807, 2.05) is 47.4 Å². The topological polar surface area (TPSA) is 67.2 Å². The number of hydrogen-bond donors (Lipinski definition) is 1. The Kier molecular flexibility index (Phi) is 5.76. The molecule has 0 radical (unpaired) electrons. The first-order chi connectivity index (χ1) is 14.1. The average molecular weight is 453 g/mol. The number of anilines is 1. The van der Waals surface area contributed by atoms with Gasteiger partial charge in [0.05, 0.1) is 17.4 Å². The lowest BCUT2D eigenvalue weighted by atomic mass is 10.1. The van der Waals surface area contributed by atoms with Crippen LogP contribution in [0, 0.1) is 0 Å². The first-order valence-corrected chi connectivity index (χ1v) is 10.4. The molecule has 7 heteroatoms. The third-order valence-corrected chi connectivity index (χ3v) is 5.69. The number of aromatic nitrogens is 2. The van der Waals surface area contributed by atoms with Crippen LogP contribution < -0.4 is 5.32 Å². The van der Waals surface area contributed by atoms with Crippen LogP contribution in [0.1, 0.15) is 40.0 Å². The summed E-state index contributed by atoms with van der Waals surface area (Å²) in [5, 5.41) is 7.33. The van der Waals surface area contributed by atoms with Crippen LogP contribution in [0.15, 0.2) is 65.3 Å². The van der Waals surface area contributed by atoms with E-state index in [2.05, 4.69) is 26.3 Å². The molecule has 0 unspecified atom stereocenters. The predicted molar refractivity (Wildman–Crippen MR) is 115 cm³/mol. The lowest BCUT2D eigenvalue weighted by Gasteiger charge is -2.26. The van der Waals surface area contributed by atoms with E-state index >= 15 is 0 Å². The Labute approximate surface area is 177 Å². The average Bonchev–Trinajstić information content (AvgIpc) is 3.18. The number of carbonyl (C=O) groups is 2. The number of halogens is 1. The van der Waals surface area contributed by atoms with Crippen molar-refractivity contribution < 1.29 is 9.59 Å². The molecule has 2 aromatic carbocycles. The standard InChI is InChI=1S/C22H21BrN4O2/c23-19-12-6-5-11-17(19)21(28)25-20-18(22(29)26-13-7-2-8-14-26)15-24-27(20)16-9-3-1-4-10-16/h1,3-6,9-12,15H,2,7-8,13-14H2,(H,25,28). The summed E-state index contributed by atoms with van der Waals surface area (Å²) in [7, 11) is 0. The molecule has 1 aromatic heterocycles. The van der Waals surface area contributed by atoms with E-state index in [1.54, 1.807) is 23.0 Å². The fourth-order valence-corrected chi connectivity index (χ4v) is 3.94. The molecule has 1 aliphatic rings. The van der Waals surface area contributed by atoms with Crippen LogP contribution in [0.25, 0.3) is 5.69 Å². The van der Waals surface area contributed by atoms with Gasteiger partial charge >= 0.3 is 0 Å². The molecule has 1 fully saturated rings. The van der Waals surface area contributed by atoms with Gasteiger partial charge in [-0.3, -0.25) is 9.59 Å². The first kappa shape index (κ1) is 19.4. The highest BCUT2D eigenvalue weighted by Crippen LogP contribution is 2.25. The molecule has 0 aliphatic carbocycles. The Morgan fingerprint density at radius 1 is 0.897 bits per heavy atom. The Balaban J connectivity index is 1.72. The summed E-state index contributed by atoms with van der Waals surface area (Å²) in [5.74, 6) is -0.0234. The number of hydrogen-bond acceptors (Lipinski definition) is 3. The molecule has 29 heavy (non-hydrogen) atoms. The fraction of sp³-hybridized carbons (Fsp3) is 0.227. The highest BCUT2D eigenvalue weighted by Gasteiger charge is 2.26. The number of rotatable bonds is 4. The summed E-state index contributed by atoms with van der Waals surface area (Å²) < 4.78 is 2.29. The van der Waals surface area contributed by atoms with E-state index in [1.165, 1.54) is 0 Å². The highest BCUT2D eigenvalue weighted by molar-refractivity contribution is 9.10. The third kappa shape index (κ3) is 4.10. The molecule has 1 N–H and O–H groups in total. The summed E-state index contributed by atoms with van der Waals surface area (Å²) in [6.07, 6.45) is 4.67. The molecule has 2 heterocycles. The number of likely N-dealkylation sites (tertiary alicyclic amines) is 1. The van der Waals surface area contributed by atoms with Crippen molar-refractivity contribution >= 4 is 33.6 Å². The van der Waals surface area contributed by atoms with Gasteiger partial charge in [0.25, 0.3) is 11.8 Å². The van der Waals surface area contributed by atoms with Gasteiger partial charge in [0.1, 0.15) is 11.4 Å². The second kappa shape index (κ2) is 8.61. The minimum atomic E-state index is -0.303. The predicted octanol–water partition coefficient (Wildman–Crippen LogP) is 4.51. The summed E-state index contributed by atoms with van der Waals surface area (Å²) >= 11 is 3.42. The van der Waals surface area contributed by atoms with Crippen LogP contribution >= 0.6 is 15.9 Å². The van der Waals surface area contributed by atoms with E-state index in [0.717, 1.165) is 38.0 Å². The zero-order chi connectivity index (χ0) is 20.2. The maximum Gasteiger partial charge on any atom is 0.259 e. The highest BCUT2D eigenvalue weighted by atomic mass is 79.9. The largest absolute Gasteiger partial charge is 0.338 e. The number of benzene rings is 2. The molecule has 0 atom stereocenters. The summed E-state index contributed by atoms with van der Waals surface area (Å²) in [5.41, 5.74) is 1.66. The maximum atomic E-state index is 13.2. The minimum absolute atomic E-state index is 0.102. The second-order valence-corrected chi connectivity index (χ2v) is 7.80. The van der Waals surface area contributed by atoms with Crippen molar-refractivity contribution in [2.24, 2.45) is 0 Å². The summed E-state index contributed by atoms with van der Waals surface area (Å²) in [6, 6.07) is 16.6. The van der Waals surface area contributed by atoms with Crippen LogP contribution in [0.4, 0.5) is 5.82 Å². The molecule has 4 rings (SSSR count). The van der Waals surface area contributed by atoms with Gasteiger partial charge in [-0.05, 0) is 59.5 Å². The van der Waals surface area contributed by atoms with Crippen molar-refractivity contribution in [3.63, 3.8) is 0 Å². The lowest BCUT2D eigenvalue weighted by Crippen LogP contribution is -2.36. The quantitative estimate of drug-likeness (QED) is 0.632. The van der Waals surface area contributed by atoms with E-state index in [9.17, 15) is 9.59 Å². The number of carbonyl (C=O) groups excluding carboxylic acids is 2. The van der Waals surface area contributed by atoms with E-state index in [0.29, 0.717) is 21.4 Å². The van der Waals surface area contributed by atoms with Gasteiger partial charge in [-0.25, -0.2) is 4.68 Å². The van der Waals surface area contributed by atoms with Crippen molar-refractivity contribution in [2.75, 3.05) is 18.4 Å². The first-order valence-electron chi connectivity index (χ1n) is 9.64. The van der Waals surface area contributed by atoms with Crippen LogP contribution in [-0.4, -0.2) is 39.6 Å². The Morgan fingerprint density at radius 2 is 1.59 bits per heavy atom. The number of piperidine rings is 1. The molecule has 3 aromatic rings. The van der Waals surface area contributed by atoms with Gasteiger partial charge in [0.2, 0.25) is 0 Å². The van der Waals surface area contributed by atoms with E-state index < -0.39 is 0 Å². The Bertz CT molecular complexity index is 1030. The zero-order valence-electron chi connectivity index (χ0n) is 15.8. The normalized spacial score (nSPS) is 13.9. The number of nitrogens with one attached hydrogen (secondary N) is 1. The van der Waals surface area contributed by atoms with Crippen molar-refractivity contribution in [1.29, 1.82) is 0 Å². The fourth-order valence-electron chi connectivity index (χ4n) is 3.48. The van der Waals surface area contributed by atoms with Crippen LogP contribution in [0.5, 0.6) is 0 Å². The molecule has 1 saturated heterocycles. The minimum Gasteiger partial charge on any atom is -0.338 e. The van der Waals surface area contributed by atoms with Crippen LogP contribution in [-0.2, 0) is 0 Å². The number of para-hydroxylation sites is 1. The lowest BCUT2D eigenvalue weighted by molar-refractivity contribution is 0.0725. The van der Waals surface area contributed by atoms with Gasteiger partial charge in [-0.15, -0.1) is 0 Å². The van der Waals surface area contributed by atoms with Gasteiger partial charge in [-0.1, -0.05) is 30.3 Å². The van der Waals surface area contributed by atoms with Gasteiger partial charge in [0.15, 0.2) is 0 Å². The van der Waals surface area contributed by atoms with Crippen molar-refractivity contribution in [2.45, 2.75) is 19.3 Å². The Hall–Kier alpha value is -2.93. The molecular weight excluding hydrogens is 432 g/mol. The van der Waals surface area contributed by atoms with Crippen LogP contribution in [0.2, 0.25) is 0 Å². The number of nitrogens with zero attached hydrogens (tertiary/aromatic N) is 3. The molecule has 148 valence electrons. The van der Waals surface area contributed by atoms with Crippen molar-refractivity contribution in [1.82, 2.24) is 14.7 Å². The van der Waals surface area contributed by atoms with Crippen molar-refractivity contribution in [3.8, 4) is 5.69 Å². The molecular formula is C22H21BrN4O2. The maximum absolute atomic E-state index is 13.2. The molecule has 1 aliphatic heterocycles. The molecule has 6 nitrogen and oxygen atoms in total. The molecule has 0 saturated carbocycles. The number of amides is 2. The van der Waals surface area contributed by atoms with E-state index in [4.69, 9.17) is 0 Å². The third-order valence-electron chi connectivity index (χ3n) is 4.99. The van der Waals surface area contributed by atoms with Crippen molar-refractivity contribution in [3.05, 3.63) is 76.4 Å². The van der Waals surface area contributed by atoms with E-state index in [-0.39, 0.29) is 11.8 Å². The second-order valence-electron chi connectivity index (χ2n) is 6.94. The molecule has 0 spiro atoms. The molecule has 2 amide bonds. The Morgan fingerprint density at radius 3 is 2.31 bits per heavy atom. The molecule has 0 bridgehead atoms. The van der Waals surface area contributed by atoms with Crippen LogP contribution in [0.3, 0.4) is 0 Å². The van der Waals surface area contributed by atoms with Gasteiger partial charge in [-0.2, -0.15) is 5.10 Å². The summed E-state index contributed by atoms with van der Waals surface area (Å²) in [6.45, 7) is 1.46. The monoisotopic (exact) mass is 452 g/mol.